The Hall–Kier alpha value is -0.180. The summed E-state index contributed by atoms with van der Waals surface area (Å²) in [7, 11) is 0. The standard InChI is InChI=1S/C15H20ClNS/c16-14-8-12(15(10-17)5-1-6-15)2-3-13(14)11-4-7-18-9-11/h2-3,8,11H,1,4-7,9-10,17H2. The van der Waals surface area contributed by atoms with Crippen LogP contribution >= 0.6 is 23.4 Å². The summed E-state index contributed by atoms with van der Waals surface area (Å²) in [5.41, 5.74) is 8.89. The van der Waals surface area contributed by atoms with Crippen molar-refractivity contribution >= 4 is 23.4 Å². The van der Waals surface area contributed by atoms with Crippen LogP contribution in [0.1, 0.15) is 42.7 Å². The molecule has 0 radical (unpaired) electrons. The van der Waals surface area contributed by atoms with E-state index in [2.05, 4.69) is 18.2 Å². The minimum absolute atomic E-state index is 0.229. The zero-order valence-corrected chi connectivity index (χ0v) is 12.2. The molecular weight excluding hydrogens is 262 g/mol. The van der Waals surface area contributed by atoms with Crippen LogP contribution in [0.4, 0.5) is 0 Å². The number of rotatable bonds is 3. The van der Waals surface area contributed by atoms with Crippen LogP contribution in [0.15, 0.2) is 18.2 Å². The first-order chi connectivity index (χ1) is 8.75. The number of halogens is 1. The number of nitrogens with two attached hydrogens (primary N) is 1. The Morgan fingerprint density at radius 3 is 2.72 bits per heavy atom. The molecule has 1 nitrogen and oxygen atoms in total. The smallest absolute Gasteiger partial charge is 0.0444 e. The lowest BCUT2D eigenvalue weighted by molar-refractivity contribution is 0.253. The van der Waals surface area contributed by atoms with E-state index in [9.17, 15) is 0 Å². The van der Waals surface area contributed by atoms with Crippen molar-refractivity contribution in [1.82, 2.24) is 0 Å². The molecule has 1 aliphatic heterocycles. The van der Waals surface area contributed by atoms with E-state index in [1.165, 1.54) is 48.3 Å². The molecule has 1 aliphatic carbocycles. The van der Waals surface area contributed by atoms with Gasteiger partial charge in [-0.2, -0.15) is 11.8 Å². The molecule has 3 rings (SSSR count). The van der Waals surface area contributed by atoms with Gasteiger partial charge in [-0.05, 0) is 48.1 Å². The summed E-state index contributed by atoms with van der Waals surface area (Å²) in [5, 5.41) is 0.958. The van der Waals surface area contributed by atoms with Crippen molar-refractivity contribution in [2.24, 2.45) is 5.73 Å². The Morgan fingerprint density at radius 1 is 1.39 bits per heavy atom. The zero-order chi connectivity index (χ0) is 12.6. The van der Waals surface area contributed by atoms with Gasteiger partial charge in [0.1, 0.15) is 0 Å². The van der Waals surface area contributed by atoms with E-state index in [0.29, 0.717) is 5.92 Å². The van der Waals surface area contributed by atoms with E-state index >= 15 is 0 Å². The molecule has 1 saturated heterocycles. The molecule has 2 N–H and O–H groups in total. The Balaban J connectivity index is 1.88. The highest BCUT2D eigenvalue weighted by molar-refractivity contribution is 7.99. The molecule has 1 saturated carbocycles. The van der Waals surface area contributed by atoms with Crippen molar-refractivity contribution in [1.29, 1.82) is 0 Å². The van der Waals surface area contributed by atoms with Crippen molar-refractivity contribution in [2.45, 2.75) is 37.0 Å². The molecule has 3 heteroatoms. The van der Waals surface area contributed by atoms with Crippen LogP contribution in [0.5, 0.6) is 0 Å². The Labute approximate surface area is 118 Å². The quantitative estimate of drug-likeness (QED) is 0.908. The molecule has 1 aromatic rings. The molecule has 0 spiro atoms. The summed E-state index contributed by atoms with van der Waals surface area (Å²) in [6.45, 7) is 0.752. The summed E-state index contributed by atoms with van der Waals surface area (Å²) < 4.78 is 0. The van der Waals surface area contributed by atoms with Gasteiger partial charge in [-0.15, -0.1) is 0 Å². The van der Waals surface area contributed by atoms with Gasteiger partial charge in [0.25, 0.3) is 0 Å². The predicted octanol–water partition coefficient (Wildman–Crippen LogP) is 3.94. The lowest BCUT2D eigenvalue weighted by Gasteiger charge is -2.41. The van der Waals surface area contributed by atoms with Gasteiger partial charge in [0.15, 0.2) is 0 Å². The predicted molar refractivity (Wildman–Crippen MR) is 80.7 cm³/mol. The Morgan fingerprint density at radius 2 is 2.22 bits per heavy atom. The Kier molecular flexibility index (Phi) is 3.61. The minimum Gasteiger partial charge on any atom is -0.330 e. The highest BCUT2D eigenvalue weighted by Gasteiger charge is 2.37. The van der Waals surface area contributed by atoms with Crippen LogP contribution in [0.25, 0.3) is 0 Å². The lowest BCUT2D eigenvalue weighted by atomic mass is 9.64. The van der Waals surface area contributed by atoms with E-state index in [1.807, 2.05) is 11.8 Å². The van der Waals surface area contributed by atoms with Crippen molar-refractivity contribution < 1.29 is 0 Å². The minimum atomic E-state index is 0.229. The van der Waals surface area contributed by atoms with E-state index < -0.39 is 0 Å². The first-order valence-electron chi connectivity index (χ1n) is 6.83. The van der Waals surface area contributed by atoms with Crippen molar-refractivity contribution in [3.8, 4) is 0 Å². The number of thioether (sulfide) groups is 1. The average Bonchev–Trinajstić information content (AvgIpc) is 2.82. The van der Waals surface area contributed by atoms with Crippen molar-refractivity contribution in [3.05, 3.63) is 34.3 Å². The number of hydrogen-bond acceptors (Lipinski definition) is 2. The van der Waals surface area contributed by atoms with Gasteiger partial charge in [-0.1, -0.05) is 30.2 Å². The second-order valence-corrected chi connectivity index (χ2v) is 7.19. The summed E-state index contributed by atoms with van der Waals surface area (Å²) in [4.78, 5) is 0. The third-order valence-electron chi connectivity index (χ3n) is 4.68. The molecule has 2 aliphatic rings. The molecule has 1 heterocycles. The fourth-order valence-corrected chi connectivity index (χ4v) is 4.77. The summed E-state index contributed by atoms with van der Waals surface area (Å²) in [5.74, 6) is 3.16. The van der Waals surface area contributed by atoms with Gasteiger partial charge in [0, 0.05) is 22.7 Å². The second-order valence-electron chi connectivity index (χ2n) is 5.63. The van der Waals surface area contributed by atoms with Gasteiger partial charge in [0.2, 0.25) is 0 Å². The average molecular weight is 282 g/mol. The monoisotopic (exact) mass is 281 g/mol. The molecule has 1 atom stereocenters. The molecular formula is C15H20ClNS. The lowest BCUT2D eigenvalue weighted by Crippen LogP contribution is -2.41. The maximum atomic E-state index is 6.50. The van der Waals surface area contributed by atoms with Crippen molar-refractivity contribution in [3.63, 3.8) is 0 Å². The van der Waals surface area contributed by atoms with Crippen LogP contribution in [0.2, 0.25) is 5.02 Å². The van der Waals surface area contributed by atoms with Gasteiger partial charge >= 0.3 is 0 Å². The van der Waals surface area contributed by atoms with Crippen LogP contribution in [-0.2, 0) is 5.41 Å². The zero-order valence-electron chi connectivity index (χ0n) is 10.6. The normalized spacial score (nSPS) is 26.0. The van der Waals surface area contributed by atoms with Crippen molar-refractivity contribution in [2.75, 3.05) is 18.1 Å². The molecule has 0 aromatic heterocycles. The SMILES string of the molecule is NCC1(c2ccc(C3CCSC3)c(Cl)c2)CCC1. The van der Waals surface area contributed by atoms with Crippen LogP contribution in [-0.4, -0.2) is 18.1 Å². The maximum absolute atomic E-state index is 6.50. The third-order valence-corrected chi connectivity index (χ3v) is 6.17. The van der Waals surface area contributed by atoms with E-state index in [4.69, 9.17) is 17.3 Å². The van der Waals surface area contributed by atoms with Crippen LogP contribution < -0.4 is 5.73 Å². The van der Waals surface area contributed by atoms with E-state index in [1.54, 1.807) is 0 Å². The largest absolute Gasteiger partial charge is 0.330 e. The molecule has 98 valence electrons. The van der Waals surface area contributed by atoms with Gasteiger partial charge in [-0.3, -0.25) is 0 Å². The molecule has 18 heavy (non-hydrogen) atoms. The summed E-state index contributed by atoms with van der Waals surface area (Å²) in [6, 6.07) is 6.71. The molecule has 1 unspecified atom stereocenters. The number of hydrogen-bond donors (Lipinski definition) is 1. The molecule has 0 amide bonds. The number of benzene rings is 1. The summed E-state index contributed by atoms with van der Waals surface area (Å²) in [6.07, 6.45) is 5.01. The topological polar surface area (TPSA) is 26.0 Å². The summed E-state index contributed by atoms with van der Waals surface area (Å²) >= 11 is 8.54. The van der Waals surface area contributed by atoms with E-state index in [-0.39, 0.29) is 5.41 Å². The van der Waals surface area contributed by atoms with Crippen LogP contribution in [0, 0.1) is 0 Å². The highest BCUT2D eigenvalue weighted by atomic mass is 35.5. The first kappa shape index (κ1) is 12.8. The second kappa shape index (κ2) is 5.07. The fraction of sp³-hybridized carbons (Fsp3) is 0.600. The molecule has 1 aromatic carbocycles. The third kappa shape index (κ3) is 2.09. The Bertz CT molecular complexity index is 431. The first-order valence-corrected chi connectivity index (χ1v) is 8.36. The van der Waals surface area contributed by atoms with Gasteiger partial charge in [-0.25, -0.2) is 0 Å². The molecule has 2 fully saturated rings. The fourth-order valence-electron chi connectivity index (χ4n) is 3.18. The van der Waals surface area contributed by atoms with E-state index in [0.717, 1.165) is 11.6 Å². The molecule has 0 bridgehead atoms. The van der Waals surface area contributed by atoms with Gasteiger partial charge < -0.3 is 5.73 Å². The highest BCUT2D eigenvalue weighted by Crippen LogP contribution is 2.45. The maximum Gasteiger partial charge on any atom is 0.0444 e. The van der Waals surface area contributed by atoms with Crippen LogP contribution in [0.3, 0.4) is 0 Å². The van der Waals surface area contributed by atoms with Gasteiger partial charge in [0.05, 0.1) is 0 Å².